The Balaban J connectivity index is 1.44. The summed E-state index contributed by atoms with van der Waals surface area (Å²) in [7, 11) is 1.81. The zero-order valence-corrected chi connectivity index (χ0v) is 16.7. The predicted octanol–water partition coefficient (Wildman–Crippen LogP) is 3.90. The van der Waals surface area contributed by atoms with Crippen LogP contribution in [0.4, 0.5) is 18.9 Å². The number of aromatic nitrogens is 2. The summed E-state index contributed by atoms with van der Waals surface area (Å²) >= 11 is 0. The van der Waals surface area contributed by atoms with Crippen LogP contribution in [0.1, 0.15) is 38.5 Å². The van der Waals surface area contributed by atoms with Crippen LogP contribution in [0.5, 0.6) is 0 Å². The van der Waals surface area contributed by atoms with Gasteiger partial charge in [-0.25, -0.2) is 13.2 Å². The van der Waals surface area contributed by atoms with Crippen molar-refractivity contribution in [2.45, 2.75) is 55.5 Å². The smallest absolute Gasteiger partial charge is 0.209 e. The molecule has 0 unspecified atom stereocenters. The number of aliphatic imine (C=N–C) groups is 1. The molecule has 0 aliphatic heterocycles. The van der Waals surface area contributed by atoms with E-state index in [0.717, 1.165) is 10.9 Å². The second-order valence-corrected chi connectivity index (χ2v) is 9.55. The van der Waals surface area contributed by atoms with Crippen LogP contribution in [0.3, 0.4) is 0 Å². The molecule has 4 aliphatic rings. The van der Waals surface area contributed by atoms with Crippen molar-refractivity contribution in [2.24, 2.45) is 17.5 Å². The van der Waals surface area contributed by atoms with Crippen LogP contribution in [-0.2, 0) is 7.05 Å². The summed E-state index contributed by atoms with van der Waals surface area (Å²) in [5.41, 5.74) is -4.81. The van der Waals surface area contributed by atoms with Crippen LogP contribution in [0.15, 0.2) is 29.4 Å². The summed E-state index contributed by atoms with van der Waals surface area (Å²) in [4.78, 5) is 4.46. The van der Waals surface area contributed by atoms with Gasteiger partial charge < -0.3 is 5.32 Å². The summed E-state index contributed by atoms with van der Waals surface area (Å²) in [6.45, 7) is 0.0500. The highest BCUT2D eigenvalue weighted by molar-refractivity contribution is 6.02. The lowest BCUT2D eigenvalue weighted by Crippen LogP contribution is -2.66. The highest BCUT2D eigenvalue weighted by Crippen LogP contribution is 2.68. The molecule has 0 radical (unpaired) electrons. The SMILES string of the molecule is Cn1ncc2cccc(NC(=NCC34CC5(F)CC(F)(CC(F)(C5)C3)C4)NC#N)c21. The molecule has 4 aliphatic carbocycles. The largest absolute Gasteiger partial charge is 0.324 e. The first-order valence-electron chi connectivity index (χ1n) is 10.1. The third-order valence-corrected chi connectivity index (χ3v) is 6.74. The molecule has 6 rings (SSSR count). The lowest BCUT2D eigenvalue weighted by atomic mass is 9.46. The summed E-state index contributed by atoms with van der Waals surface area (Å²) in [5, 5.41) is 19.9. The fraction of sp³-hybridized carbons (Fsp3) is 0.571. The van der Waals surface area contributed by atoms with Gasteiger partial charge in [-0.2, -0.15) is 10.4 Å². The number of hydrogen-bond donors (Lipinski definition) is 2. The summed E-state index contributed by atoms with van der Waals surface area (Å²) in [6.07, 6.45) is 3.23. The van der Waals surface area contributed by atoms with Gasteiger partial charge in [-0.1, -0.05) is 12.1 Å². The van der Waals surface area contributed by atoms with Gasteiger partial charge in [0.2, 0.25) is 5.96 Å². The van der Waals surface area contributed by atoms with Crippen LogP contribution < -0.4 is 10.6 Å². The Bertz CT molecular complexity index is 1030. The Morgan fingerprint density at radius 3 is 2.37 bits per heavy atom. The van der Waals surface area contributed by atoms with Crippen LogP contribution in [-0.4, -0.2) is 39.3 Å². The van der Waals surface area contributed by atoms with Gasteiger partial charge in [0, 0.05) is 38.2 Å². The van der Waals surface area contributed by atoms with E-state index in [1.165, 1.54) is 0 Å². The molecule has 0 atom stereocenters. The molecule has 1 aromatic carbocycles. The van der Waals surface area contributed by atoms with Gasteiger partial charge >= 0.3 is 0 Å². The van der Waals surface area contributed by atoms with Gasteiger partial charge in [0.15, 0.2) is 6.19 Å². The Morgan fingerprint density at radius 1 is 1.13 bits per heavy atom. The third-order valence-electron chi connectivity index (χ3n) is 6.74. The first kappa shape index (κ1) is 19.2. The second kappa shape index (κ2) is 6.13. The Labute approximate surface area is 172 Å². The molecule has 4 saturated carbocycles. The molecular weight excluding hydrogens is 393 g/mol. The number of para-hydroxylation sites is 1. The molecule has 1 heterocycles. The molecule has 1 aromatic heterocycles. The standard InChI is InChI=1S/C21H23F3N6/c1-30-16-14(5-28-30)3-2-4-15(16)29-17(27-13-25)26-12-18-6-19(22)9-20(23,7-18)11-21(24,8-18)10-19/h2-5H,6-12H2,1H3,(H2,26,27,29). The van der Waals surface area contributed by atoms with Crippen LogP contribution in [0, 0.1) is 16.9 Å². The van der Waals surface area contributed by atoms with Gasteiger partial charge in [0.05, 0.1) is 17.4 Å². The highest BCUT2D eigenvalue weighted by Gasteiger charge is 2.70. The zero-order valence-electron chi connectivity index (χ0n) is 16.7. The highest BCUT2D eigenvalue weighted by atomic mass is 19.2. The van der Waals surface area contributed by atoms with E-state index in [4.69, 9.17) is 5.26 Å². The zero-order chi connectivity index (χ0) is 21.2. The van der Waals surface area contributed by atoms with E-state index in [2.05, 4.69) is 20.7 Å². The van der Waals surface area contributed by atoms with Crippen LogP contribution >= 0.6 is 0 Å². The fourth-order valence-corrected chi connectivity index (χ4v) is 6.51. The fourth-order valence-electron chi connectivity index (χ4n) is 6.51. The molecule has 158 valence electrons. The van der Waals surface area contributed by atoms with E-state index in [1.807, 2.05) is 24.4 Å². The molecule has 30 heavy (non-hydrogen) atoms. The quantitative estimate of drug-likeness (QED) is 0.344. The Hall–Kier alpha value is -2.76. The van der Waals surface area contributed by atoms with Crippen molar-refractivity contribution in [3.63, 3.8) is 0 Å². The minimum atomic E-state index is -1.82. The molecule has 0 saturated heterocycles. The number of nitrogens with one attached hydrogen (secondary N) is 2. The lowest BCUT2D eigenvalue weighted by Gasteiger charge is -2.62. The van der Waals surface area contributed by atoms with E-state index in [9.17, 15) is 0 Å². The molecule has 9 heteroatoms. The summed E-state index contributed by atoms with van der Waals surface area (Å²) in [6, 6.07) is 5.59. The molecule has 0 amide bonds. The van der Waals surface area contributed by atoms with E-state index in [0.29, 0.717) is 5.69 Å². The lowest BCUT2D eigenvalue weighted by molar-refractivity contribution is -0.213. The number of alkyl halides is 3. The average Bonchev–Trinajstić information content (AvgIpc) is 2.98. The normalized spacial score (nSPS) is 37.4. The second-order valence-electron chi connectivity index (χ2n) is 9.55. The van der Waals surface area contributed by atoms with Crippen molar-refractivity contribution in [3.05, 3.63) is 24.4 Å². The molecule has 6 nitrogen and oxygen atoms in total. The third kappa shape index (κ3) is 3.09. The molecule has 0 spiro atoms. The van der Waals surface area contributed by atoms with Crippen molar-refractivity contribution in [2.75, 3.05) is 11.9 Å². The number of anilines is 1. The van der Waals surface area contributed by atoms with Gasteiger partial charge in [-0.15, -0.1) is 0 Å². The minimum Gasteiger partial charge on any atom is -0.324 e. The van der Waals surface area contributed by atoms with Gasteiger partial charge in [-0.3, -0.25) is 15.0 Å². The number of aryl methyl sites for hydroxylation is 1. The van der Waals surface area contributed by atoms with Crippen molar-refractivity contribution in [1.29, 1.82) is 5.26 Å². The van der Waals surface area contributed by atoms with E-state index in [-0.39, 0.29) is 51.0 Å². The Kier molecular flexibility index (Phi) is 3.92. The average molecular weight is 416 g/mol. The minimum absolute atomic E-state index is 0.0500. The maximum absolute atomic E-state index is 15.2. The number of rotatable bonds is 3. The topological polar surface area (TPSA) is 78.0 Å². The van der Waals surface area contributed by atoms with Gasteiger partial charge in [0.25, 0.3) is 0 Å². The number of halogens is 3. The van der Waals surface area contributed by atoms with Crippen molar-refractivity contribution < 1.29 is 13.2 Å². The number of nitriles is 1. The van der Waals surface area contributed by atoms with E-state index < -0.39 is 22.4 Å². The molecule has 2 aromatic rings. The molecular formula is C21H23F3N6. The summed E-state index contributed by atoms with van der Waals surface area (Å²) < 4.78 is 47.3. The Morgan fingerprint density at radius 2 is 1.77 bits per heavy atom. The predicted molar refractivity (Wildman–Crippen MR) is 107 cm³/mol. The van der Waals surface area contributed by atoms with Gasteiger partial charge in [0.1, 0.15) is 17.0 Å². The number of hydrogen-bond acceptors (Lipinski definition) is 3. The van der Waals surface area contributed by atoms with Crippen molar-refractivity contribution >= 4 is 22.5 Å². The first-order chi connectivity index (χ1) is 14.1. The molecule has 4 fully saturated rings. The number of guanidine groups is 1. The first-order valence-corrected chi connectivity index (χ1v) is 10.1. The number of fused-ring (bicyclic) bond motifs is 1. The van der Waals surface area contributed by atoms with Crippen molar-refractivity contribution in [3.8, 4) is 6.19 Å². The van der Waals surface area contributed by atoms with E-state index in [1.54, 1.807) is 17.9 Å². The van der Waals surface area contributed by atoms with Gasteiger partial charge in [-0.05, 0) is 30.7 Å². The number of nitrogens with zero attached hydrogens (tertiary/aromatic N) is 4. The molecule has 4 bridgehead atoms. The molecule has 2 N–H and O–H groups in total. The van der Waals surface area contributed by atoms with E-state index >= 15 is 13.2 Å². The monoisotopic (exact) mass is 416 g/mol. The summed E-state index contributed by atoms with van der Waals surface area (Å²) in [5.74, 6) is 0.163. The maximum atomic E-state index is 15.2. The van der Waals surface area contributed by atoms with Crippen LogP contribution in [0.2, 0.25) is 0 Å². The number of benzene rings is 1. The van der Waals surface area contributed by atoms with Crippen LogP contribution in [0.25, 0.3) is 10.9 Å². The maximum Gasteiger partial charge on any atom is 0.209 e. The van der Waals surface area contributed by atoms with Crippen molar-refractivity contribution in [1.82, 2.24) is 15.1 Å².